The molecule has 1 heterocycles. The lowest BCUT2D eigenvalue weighted by molar-refractivity contribution is -0.120. The van der Waals surface area contributed by atoms with Gasteiger partial charge in [0, 0.05) is 11.4 Å². The Kier molecular flexibility index (Phi) is 5.39. The number of nitrogens with zero attached hydrogens (tertiary/aromatic N) is 1. The summed E-state index contributed by atoms with van der Waals surface area (Å²) in [5, 5.41) is 5.94. The van der Waals surface area contributed by atoms with E-state index >= 15 is 0 Å². The summed E-state index contributed by atoms with van der Waals surface area (Å²) in [4.78, 5) is 28.0. The lowest BCUT2D eigenvalue weighted by Crippen LogP contribution is -2.39. The molecule has 1 aliphatic rings. The highest BCUT2D eigenvalue weighted by Crippen LogP contribution is 2.38. The number of fused-ring (bicyclic) bond motifs is 2. The second kappa shape index (κ2) is 7.97. The number of nitrogens with one attached hydrogen (secondary N) is 1. The van der Waals surface area contributed by atoms with Gasteiger partial charge in [0.2, 0.25) is 5.91 Å². The Balaban J connectivity index is 1.47. The number of hydrogen-bond donors (Lipinski definition) is 2. The maximum atomic E-state index is 12.9. The molecule has 1 atom stereocenters. The summed E-state index contributed by atoms with van der Waals surface area (Å²) >= 11 is 1.49. The van der Waals surface area contributed by atoms with Gasteiger partial charge < -0.3 is 11.1 Å². The van der Waals surface area contributed by atoms with Crippen LogP contribution in [0.1, 0.15) is 39.7 Å². The molecule has 3 aromatic rings. The van der Waals surface area contributed by atoms with Crippen molar-refractivity contribution >= 4 is 38.9 Å². The van der Waals surface area contributed by atoms with Crippen molar-refractivity contribution < 1.29 is 9.59 Å². The van der Waals surface area contributed by atoms with Crippen LogP contribution >= 0.6 is 11.3 Å². The number of carbonyl (C=O) groups is 2. The third kappa shape index (κ3) is 3.91. The molecular weight excluding hydrogens is 382 g/mol. The van der Waals surface area contributed by atoms with Gasteiger partial charge in [-0.15, -0.1) is 11.3 Å². The van der Waals surface area contributed by atoms with Crippen molar-refractivity contribution in [1.29, 1.82) is 0 Å². The zero-order chi connectivity index (χ0) is 20.5. The van der Waals surface area contributed by atoms with Gasteiger partial charge in [-0.2, -0.15) is 0 Å². The van der Waals surface area contributed by atoms with E-state index in [0.717, 1.165) is 30.4 Å². The number of rotatable bonds is 6. The van der Waals surface area contributed by atoms with Crippen LogP contribution in [0.2, 0.25) is 0 Å². The van der Waals surface area contributed by atoms with Crippen LogP contribution in [0.3, 0.4) is 0 Å². The van der Waals surface area contributed by atoms with Gasteiger partial charge in [0.15, 0.2) is 0 Å². The van der Waals surface area contributed by atoms with Crippen LogP contribution in [0.15, 0.2) is 42.5 Å². The van der Waals surface area contributed by atoms with Crippen molar-refractivity contribution in [2.75, 3.05) is 12.4 Å². The fraction of sp³-hybridized carbons (Fsp3) is 0.304. The van der Waals surface area contributed by atoms with Gasteiger partial charge in [0.05, 0.1) is 11.6 Å². The highest BCUT2D eigenvalue weighted by Gasteiger charge is 2.27. The summed E-state index contributed by atoms with van der Waals surface area (Å²) in [7, 11) is 1.93. The number of anilines is 1. The Bertz CT molecular complexity index is 1090. The molecule has 3 N–H and O–H groups in total. The molecule has 0 aliphatic heterocycles. The Morgan fingerprint density at radius 1 is 1.17 bits per heavy atom. The number of nitrogens with two attached hydrogens (primary N) is 1. The second-order valence-corrected chi connectivity index (χ2v) is 8.79. The van der Waals surface area contributed by atoms with E-state index in [1.165, 1.54) is 27.0 Å². The summed E-state index contributed by atoms with van der Waals surface area (Å²) < 4.78 is 0. The number of hydrogen-bond acceptors (Lipinski definition) is 4. The van der Waals surface area contributed by atoms with E-state index in [-0.39, 0.29) is 11.9 Å². The summed E-state index contributed by atoms with van der Waals surface area (Å²) in [5.41, 5.74) is 8.27. The van der Waals surface area contributed by atoms with Crippen LogP contribution in [0.4, 0.5) is 5.00 Å². The average molecular weight is 408 g/mol. The molecule has 4 rings (SSSR count). The summed E-state index contributed by atoms with van der Waals surface area (Å²) in [6.45, 7) is 2.53. The quantitative estimate of drug-likeness (QED) is 0.650. The number of likely N-dealkylation sites (N-methyl/N-ethyl adjacent to an activating group) is 1. The largest absolute Gasteiger partial charge is 0.365 e. The van der Waals surface area contributed by atoms with E-state index in [0.29, 0.717) is 17.1 Å². The zero-order valence-corrected chi connectivity index (χ0v) is 17.5. The van der Waals surface area contributed by atoms with Crippen LogP contribution in [-0.4, -0.2) is 29.8 Å². The van der Waals surface area contributed by atoms with E-state index in [9.17, 15) is 9.59 Å². The Morgan fingerprint density at radius 3 is 2.69 bits per heavy atom. The minimum atomic E-state index is -0.461. The molecule has 1 aromatic heterocycles. The van der Waals surface area contributed by atoms with Crippen LogP contribution in [0.25, 0.3) is 10.8 Å². The van der Waals surface area contributed by atoms with Crippen LogP contribution < -0.4 is 11.1 Å². The SMILES string of the molecule is CC(C(=O)Nc1sc2c(c1C(N)=O)CCC2)N(C)Cc1ccc2ccccc2c1. The monoisotopic (exact) mass is 407 g/mol. The lowest BCUT2D eigenvalue weighted by atomic mass is 10.1. The first-order chi connectivity index (χ1) is 13.9. The molecule has 6 heteroatoms. The number of carbonyl (C=O) groups excluding carboxylic acids is 2. The van der Waals surface area contributed by atoms with E-state index in [1.54, 1.807) is 0 Å². The second-order valence-electron chi connectivity index (χ2n) is 7.69. The van der Waals surface area contributed by atoms with E-state index in [4.69, 9.17) is 5.73 Å². The van der Waals surface area contributed by atoms with E-state index < -0.39 is 5.91 Å². The molecule has 2 amide bonds. The smallest absolute Gasteiger partial charge is 0.251 e. The molecule has 5 nitrogen and oxygen atoms in total. The highest BCUT2D eigenvalue weighted by atomic mass is 32.1. The highest BCUT2D eigenvalue weighted by molar-refractivity contribution is 7.17. The number of aryl methyl sites for hydroxylation is 1. The molecule has 1 unspecified atom stereocenters. The summed E-state index contributed by atoms with van der Waals surface area (Å²) in [6.07, 6.45) is 2.85. The molecule has 29 heavy (non-hydrogen) atoms. The molecule has 1 aliphatic carbocycles. The molecule has 0 radical (unpaired) electrons. The molecule has 0 bridgehead atoms. The predicted octanol–water partition coefficient (Wildman–Crippen LogP) is 3.95. The summed E-state index contributed by atoms with van der Waals surface area (Å²) in [5.74, 6) is -0.590. The van der Waals surface area contributed by atoms with Gasteiger partial charge in [-0.25, -0.2) is 0 Å². The molecule has 0 fully saturated rings. The maximum Gasteiger partial charge on any atom is 0.251 e. The van der Waals surface area contributed by atoms with Gasteiger partial charge in [0.25, 0.3) is 5.91 Å². The molecule has 0 spiro atoms. The van der Waals surface area contributed by atoms with Crippen molar-refractivity contribution in [1.82, 2.24) is 4.90 Å². The number of thiophene rings is 1. The van der Waals surface area contributed by atoms with Crippen molar-refractivity contribution in [3.05, 3.63) is 64.0 Å². The molecule has 2 aromatic carbocycles. The fourth-order valence-corrected chi connectivity index (χ4v) is 5.23. The number of amides is 2. The zero-order valence-electron chi connectivity index (χ0n) is 16.7. The lowest BCUT2D eigenvalue weighted by Gasteiger charge is -2.24. The number of benzene rings is 2. The first kappa shape index (κ1) is 19.6. The van der Waals surface area contributed by atoms with Crippen molar-refractivity contribution in [2.45, 2.75) is 38.8 Å². The van der Waals surface area contributed by atoms with Gasteiger partial charge in [-0.05, 0) is 61.2 Å². The van der Waals surface area contributed by atoms with E-state index in [1.807, 2.05) is 31.0 Å². The molecule has 150 valence electrons. The normalized spacial score (nSPS) is 14.2. The topological polar surface area (TPSA) is 75.4 Å². The third-order valence-corrected chi connectivity index (χ3v) is 6.90. The van der Waals surface area contributed by atoms with Gasteiger partial charge in [-0.1, -0.05) is 36.4 Å². The van der Waals surface area contributed by atoms with Crippen LogP contribution in [0.5, 0.6) is 0 Å². The summed E-state index contributed by atoms with van der Waals surface area (Å²) in [6, 6.07) is 14.3. The van der Waals surface area contributed by atoms with Crippen molar-refractivity contribution in [3.8, 4) is 0 Å². The molecule has 0 saturated carbocycles. The maximum absolute atomic E-state index is 12.9. The first-order valence-corrected chi connectivity index (χ1v) is 10.7. The Morgan fingerprint density at radius 2 is 1.93 bits per heavy atom. The average Bonchev–Trinajstić information content (AvgIpc) is 3.27. The number of primary amides is 1. The van der Waals surface area contributed by atoms with Crippen molar-refractivity contribution in [3.63, 3.8) is 0 Å². The Hall–Kier alpha value is -2.70. The van der Waals surface area contributed by atoms with Gasteiger partial charge in [0.1, 0.15) is 5.00 Å². The van der Waals surface area contributed by atoms with E-state index in [2.05, 4.69) is 35.6 Å². The van der Waals surface area contributed by atoms with Gasteiger partial charge in [-0.3, -0.25) is 14.5 Å². The molecule has 0 saturated heterocycles. The minimum Gasteiger partial charge on any atom is -0.365 e. The van der Waals surface area contributed by atoms with Crippen LogP contribution in [0, 0.1) is 0 Å². The predicted molar refractivity (Wildman–Crippen MR) is 118 cm³/mol. The van der Waals surface area contributed by atoms with Crippen molar-refractivity contribution in [2.24, 2.45) is 5.73 Å². The fourth-order valence-electron chi connectivity index (χ4n) is 3.93. The third-order valence-electron chi connectivity index (χ3n) is 5.69. The van der Waals surface area contributed by atoms with Gasteiger partial charge >= 0.3 is 0 Å². The van der Waals surface area contributed by atoms with Crippen LogP contribution in [-0.2, 0) is 24.2 Å². The minimum absolute atomic E-state index is 0.129. The first-order valence-electron chi connectivity index (χ1n) is 9.87. The Labute approximate surface area is 174 Å². The standard InChI is InChI=1S/C23H25N3O2S/c1-14(26(2)13-15-10-11-16-6-3-4-7-17(16)12-15)22(28)25-23-20(21(24)27)18-8-5-9-19(18)29-23/h3-4,6-7,10-12,14H,5,8-9,13H2,1-2H3,(H2,24,27)(H,25,28). The molecular formula is C23H25N3O2S.